The van der Waals surface area contributed by atoms with Crippen molar-refractivity contribution in [3.63, 3.8) is 0 Å². The molecular weight excluding hydrogens is 352 g/mol. The summed E-state index contributed by atoms with van der Waals surface area (Å²) in [6.07, 6.45) is 0. The third kappa shape index (κ3) is 2.45. The smallest absolute Gasteiger partial charge is 0.353 e. The molecule has 0 fully saturated rings. The van der Waals surface area contributed by atoms with Crippen molar-refractivity contribution in [2.24, 2.45) is 0 Å². The number of carboxylic acids is 1. The molecule has 22 heavy (non-hydrogen) atoms. The number of fused-ring (bicyclic) bond motifs is 1. The fourth-order valence-electron chi connectivity index (χ4n) is 2.51. The Labute approximate surface area is 135 Å². The Bertz CT molecular complexity index is 739. The summed E-state index contributed by atoms with van der Waals surface area (Å²) in [5, 5.41) is 15.7. The summed E-state index contributed by atoms with van der Waals surface area (Å²) in [4.78, 5) is 11.0. The molecule has 0 radical (unpaired) electrons. The third-order valence-electron chi connectivity index (χ3n) is 3.47. The van der Waals surface area contributed by atoms with Gasteiger partial charge in [-0.3, -0.25) is 5.10 Å². The van der Waals surface area contributed by atoms with Crippen molar-refractivity contribution in [2.45, 2.75) is 19.8 Å². The van der Waals surface area contributed by atoms with Crippen molar-refractivity contribution in [3.8, 4) is 22.8 Å². The molecule has 0 aliphatic carbocycles. The number of aromatic nitrogens is 2. The molecular formula is C15H15BrN2O4. The van der Waals surface area contributed by atoms with E-state index in [0.29, 0.717) is 30.4 Å². The number of carboxylic acid groups (broad SMARTS) is 1. The molecule has 1 aliphatic heterocycles. The summed E-state index contributed by atoms with van der Waals surface area (Å²) in [7, 11) is 0. The molecule has 0 unspecified atom stereocenters. The van der Waals surface area contributed by atoms with E-state index in [4.69, 9.17) is 14.6 Å². The zero-order chi connectivity index (χ0) is 15.9. The van der Waals surface area contributed by atoms with Crippen LogP contribution in [0, 0.1) is 0 Å². The van der Waals surface area contributed by atoms with Gasteiger partial charge in [0.05, 0.1) is 10.2 Å². The first-order valence-corrected chi connectivity index (χ1v) is 7.69. The molecule has 0 amide bonds. The zero-order valence-corrected chi connectivity index (χ0v) is 13.7. The second-order valence-electron chi connectivity index (χ2n) is 5.30. The van der Waals surface area contributed by atoms with E-state index in [1.165, 1.54) is 6.07 Å². The summed E-state index contributed by atoms with van der Waals surface area (Å²) in [6.45, 7) is 5.11. The summed E-state index contributed by atoms with van der Waals surface area (Å²) in [5.41, 5.74) is 2.46. The summed E-state index contributed by atoms with van der Waals surface area (Å²) >= 11 is 3.59. The van der Waals surface area contributed by atoms with Crippen LogP contribution in [0.15, 0.2) is 16.6 Å². The Morgan fingerprint density at radius 3 is 2.73 bits per heavy atom. The van der Waals surface area contributed by atoms with E-state index in [9.17, 15) is 4.79 Å². The van der Waals surface area contributed by atoms with Crippen molar-refractivity contribution in [1.82, 2.24) is 10.2 Å². The van der Waals surface area contributed by atoms with Crippen molar-refractivity contribution < 1.29 is 19.4 Å². The number of rotatable bonds is 3. The number of aromatic carboxylic acids is 1. The third-order valence-corrected chi connectivity index (χ3v) is 4.26. The lowest BCUT2D eigenvalue weighted by atomic mass is 9.94. The van der Waals surface area contributed by atoms with E-state index in [-0.39, 0.29) is 11.6 Å². The number of nitrogens with one attached hydrogen (secondary N) is 1. The van der Waals surface area contributed by atoms with Crippen LogP contribution in [0.3, 0.4) is 0 Å². The maximum atomic E-state index is 11.0. The van der Waals surface area contributed by atoms with Crippen LogP contribution in [0.1, 0.15) is 35.8 Å². The van der Waals surface area contributed by atoms with Crippen LogP contribution >= 0.6 is 15.9 Å². The lowest BCUT2D eigenvalue weighted by molar-refractivity contribution is 0.0690. The van der Waals surface area contributed by atoms with Gasteiger partial charge in [-0.25, -0.2) is 4.79 Å². The second-order valence-corrected chi connectivity index (χ2v) is 6.10. The van der Waals surface area contributed by atoms with Gasteiger partial charge >= 0.3 is 5.97 Å². The summed E-state index contributed by atoms with van der Waals surface area (Å²) in [6, 6.07) is 3.38. The van der Waals surface area contributed by atoms with Crippen molar-refractivity contribution in [2.75, 3.05) is 13.2 Å². The SMILES string of the molecule is CC(C)c1c(-c2cc(C(=O)O)[nH]n2)cc2c(c1Br)OCCO2. The van der Waals surface area contributed by atoms with Gasteiger partial charge in [0, 0.05) is 5.56 Å². The summed E-state index contributed by atoms with van der Waals surface area (Å²) in [5.74, 6) is 0.483. The number of H-pyrrole nitrogens is 1. The largest absolute Gasteiger partial charge is 0.486 e. The minimum atomic E-state index is -1.04. The molecule has 0 saturated carbocycles. The quantitative estimate of drug-likeness (QED) is 0.868. The van der Waals surface area contributed by atoms with Gasteiger partial charge in [-0.2, -0.15) is 5.10 Å². The number of hydrogen-bond donors (Lipinski definition) is 2. The van der Waals surface area contributed by atoms with Crippen LogP contribution in [0.25, 0.3) is 11.3 Å². The molecule has 7 heteroatoms. The average Bonchev–Trinajstić information content (AvgIpc) is 2.96. The van der Waals surface area contributed by atoms with Gasteiger partial charge in [-0.15, -0.1) is 0 Å². The maximum absolute atomic E-state index is 11.0. The number of nitrogens with zero attached hydrogens (tertiary/aromatic N) is 1. The van der Waals surface area contributed by atoms with Gasteiger partial charge in [-0.05, 0) is 39.5 Å². The Morgan fingerprint density at radius 2 is 2.09 bits per heavy atom. The fourth-order valence-corrected chi connectivity index (χ4v) is 3.49. The number of halogens is 1. The molecule has 1 aliphatic rings. The number of ether oxygens (including phenoxy) is 2. The summed E-state index contributed by atoms with van der Waals surface area (Å²) < 4.78 is 12.2. The Morgan fingerprint density at radius 1 is 1.36 bits per heavy atom. The van der Waals surface area contributed by atoms with E-state index in [1.54, 1.807) is 0 Å². The Balaban J connectivity index is 2.20. The van der Waals surface area contributed by atoms with Crippen LogP contribution in [-0.2, 0) is 0 Å². The van der Waals surface area contributed by atoms with Crippen molar-refractivity contribution >= 4 is 21.9 Å². The van der Waals surface area contributed by atoms with Crippen LogP contribution in [-0.4, -0.2) is 34.5 Å². The monoisotopic (exact) mass is 366 g/mol. The molecule has 6 nitrogen and oxygen atoms in total. The van der Waals surface area contributed by atoms with Crippen molar-refractivity contribution in [3.05, 3.63) is 27.9 Å². The van der Waals surface area contributed by atoms with Crippen LogP contribution in [0.4, 0.5) is 0 Å². The van der Waals surface area contributed by atoms with E-state index in [0.717, 1.165) is 15.6 Å². The standard InChI is InChI=1S/C15H15BrN2O4/c1-7(2)12-8(9-6-10(15(19)20)18-17-9)5-11-14(13(12)16)22-4-3-21-11/h5-7H,3-4H2,1-2H3,(H,17,18)(H,19,20). The minimum absolute atomic E-state index is 0.0516. The maximum Gasteiger partial charge on any atom is 0.353 e. The number of aromatic amines is 1. The highest BCUT2D eigenvalue weighted by molar-refractivity contribution is 9.10. The molecule has 2 N–H and O–H groups in total. The second kappa shape index (κ2) is 5.64. The first-order chi connectivity index (χ1) is 10.5. The molecule has 116 valence electrons. The molecule has 0 atom stereocenters. The normalized spacial score (nSPS) is 13.5. The minimum Gasteiger partial charge on any atom is -0.486 e. The van der Waals surface area contributed by atoms with Crippen molar-refractivity contribution in [1.29, 1.82) is 0 Å². The number of carbonyl (C=O) groups is 1. The van der Waals surface area contributed by atoms with E-state index in [1.807, 2.05) is 6.07 Å². The predicted molar refractivity (Wildman–Crippen MR) is 83.8 cm³/mol. The molecule has 2 aromatic rings. The van der Waals surface area contributed by atoms with Gasteiger partial charge in [0.25, 0.3) is 0 Å². The van der Waals surface area contributed by atoms with Gasteiger partial charge in [0.15, 0.2) is 11.5 Å². The van der Waals surface area contributed by atoms with Crippen LogP contribution < -0.4 is 9.47 Å². The van der Waals surface area contributed by atoms with E-state index in [2.05, 4.69) is 40.0 Å². The predicted octanol–water partition coefficient (Wildman–Crippen LogP) is 3.43. The van der Waals surface area contributed by atoms with E-state index >= 15 is 0 Å². The lowest BCUT2D eigenvalue weighted by Crippen LogP contribution is -2.16. The Kier molecular flexibility index (Phi) is 3.82. The molecule has 1 aromatic heterocycles. The Hall–Kier alpha value is -2.02. The average molecular weight is 367 g/mol. The highest BCUT2D eigenvalue weighted by atomic mass is 79.9. The highest BCUT2D eigenvalue weighted by Crippen LogP contribution is 2.46. The van der Waals surface area contributed by atoms with Gasteiger partial charge in [-0.1, -0.05) is 13.8 Å². The molecule has 3 rings (SSSR count). The molecule has 0 saturated heterocycles. The highest BCUT2D eigenvalue weighted by Gasteiger charge is 2.25. The van der Waals surface area contributed by atoms with Gasteiger partial charge in [0.2, 0.25) is 0 Å². The fraction of sp³-hybridized carbons (Fsp3) is 0.333. The van der Waals surface area contributed by atoms with E-state index < -0.39 is 5.97 Å². The first kappa shape index (κ1) is 14.9. The molecule has 0 bridgehead atoms. The zero-order valence-electron chi connectivity index (χ0n) is 12.1. The molecule has 2 heterocycles. The van der Waals surface area contributed by atoms with Gasteiger partial charge in [0.1, 0.15) is 18.9 Å². The molecule has 0 spiro atoms. The topological polar surface area (TPSA) is 84.4 Å². The first-order valence-electron chi connectivity index (χ1n) is 6.90. The number of hydrogen-bond acceptors (Lipinski definition) is 4. The van der Waals surface area contributed by atoms with Crippen LogP contribution in [0.2, 0.25) is 0 Å². The van der Waals surface area contributed by atoms with Gasteiger partial charge < -0.3 is 14.6 Å². The van der Waals surface area contributed by atoms with Crippen LogP contribution in [0.5, 0.6) is 11.5 Å². The number of benzene rings is 1. The molecule has 1 aromatic carbocycles. The lowest BCUT2D eigenvalue weighted by Gasteiger charge is -2.24.